The number of unbranched alkanes of at least 4 members (excludes halogenated alkanes) is 47. The standard InChI is InChI=1S/C77H140O6/c1-4-7-10-13-16-19-22-25-28-30-32-34-36-37-38-39-41-42-44-46-49-52-55-58-61-64-67-70-76(79)82-73-74(72-81-75(78)69-66-63-60-57-54-51-48-27-24-21-18-15-12-9-6-3)83-77(80)71-68-65-62-59-56-53-50-47-45-43-40-35-33-31-29-26-23-20-17-14-11-8-5-2/h22-23,25-27,30-33,48,74H,4-21,24,28-29,34-47,49-73H2,1-3H3/b25-22-,26-23-,32-30-,33-31-,48-27-. The van der Waals surface area contributed by atoms with E-state index in [1.54, 1.807) is 0 Å². The van der Waals surface area contributed by atoms with E-state index in [9.17, 15) is 14.4 Å². The van der Waals surface area contributed by atoms with E-state index >= 15 is 0 Å². The molecule has 0 N–H and O–H groups in total. The molecule has 0 aromatic carbocycles. The van der Waals surface area contributed by atoms with Crippen LogP contribution in [0.25, 0.3) is 0 Å². The first-order valence-electron chi connectivity index (χ1n) is 36.8. The summed E-state index contributed by atoms with van der Waals surface area (Å²) < 4.78 is 17.0. The SMILES string of the molecule is CCCCCCC/C=C\C/C=C\CCCCCCCCCCCCCCCCCC(=O)OCC(COC(=O)CCCCCCC/C=C\CCCCCCCC)OC(=O)CCCCCCCCCCCCC/C=C\C/C=C\CCCCCCC. The minimum absolute atomic E-state index is 0.0742. The molecule has 0 bridgehead atoms. The molecule has 0 amide bonds. The summed E-state index contributed by atoms with van der Waals surface area (Å²) in [7, 11) is 0. The Morgan fingerprint density at radius 1 is 0.241 bits per heavy atom. The van der Waals surface area contributed by atoms with Crippen molar-refractivity contribution in [1.29, 1.82) is 0 Å². The first-order valence-corrected chi connectivity index (χ1v) is 36.8. The molecule has 0 aliphatic heterocycles. The van der Waals surface area contributed by atoms with Crippen molar-refractivity contribution in [2.75, 3.05) is 13.2 Å². The molecule has 0 spiro atoms. The van der Waals surface area contributed by atoms with Crippen LogP contribution in [0.3, 0.4) is 0 Å². The van der Waals surface area contributed by atoms with Crippen molar-refractivity contribution >= 4 is 17.9 Å². The second-order valence-corrected chi connectivity index (χ2v) is 24.8. The van der Waals surface area contributed by atoms with Gasteiger partial charge in [-0.05, 0) is 109 Å². The van der Waals surface area contributed by atoms with Crippen LogP contribution in [0.4, 0.5) is 0 Å². The molecule has 484 valence electrons. The van der Waals surface area contributed by atoms with Gasteiger partial charge < -0.3 is 14.2 Å². The summed E-state index contributed by atoms with van der Waals surface area (Å²) in [6, 6.07) is 0. The zero-order valence-corrected chi connectivity index (χ0v) is 55.7. The number of carbonyl (C=O) groups is 3. The van der Waals surface area contributed by atoms with Crippen LogP contribution in [0.15, 0.2) is 60.8 Å². The van der Waals surface area contributed by atoms with Gasteiger partial charge in [-0.3, -0.25) is 14.4 Å². The lowest BCUT2D eigenvalue weighted by atomic mass is 10.0. The van der Waals surface area contributed by atoms with Crippen molar-refractivity contribution in [3.05, 3.63) is 60.8 Å². The van der Waals surface area contributed by atoms with Gasteiger partial charge in [-0.25, -0.2) is 0 Å². The van der Waals surface area contributed by atoms with Gasteiger partial charge in [0.25, 0.3) is 0 Å². The first kappa shape index (κ1) is 80.1. The quantitative estimate of drug-likeness (QED) is 0.0261. The Morgan fingerprint density at radius 3 is 0.675 bits per heavy atom. The van der Waals surface area contributed by atoms with Crippen molar-refractivity contribution in [2.45, 2.75) is 399 Å². The third-order valence-electron chi connectivity index (χ3n) is 16.5. The summed E-state index contributed by atoms with van der Waals surface area (Å²) in [5, 5.41) is 0. The molecule has 0 heterocycles. The highest BCUT2D eigenvalue weighted by atomic mass is 16.6. The van der Waals surface area contributed by atoms with Gasteiger partial charge in [0, 0.05) is 19.3 Å². The second-order valence-electron chi connectivity index (χ2n) is 24.8. The molecule has 0 aromatic heterocycles. The minimum atomic E-state index is -0.780. The third kappa shape index (κ3) is 69.8. The smallest absolute Gasteiger partial charge is 0.306 e. The largest absolute Gasteiger partial charge is 0.462 e. The molecule has 0 radical (unpaired) electrons. The predicted molar refractivity (Wildman–Crippen MR) is 362 cm³/mol. The molecule has 1 atom stereocenters. The van der Waals surface area contributed by atoms with Crippen LogP contribution < -0.4 is 0 Å². The molecule has 0 saturated carbocycles. The van der Waals surface area contributed by atoms with Crippen LogP contribution in [0.5, 0.6) is 0 Å². The van der Waals surface area contributed by atoms with Crippen LogP contribution in [0.1, 0.15) is 393 Å². The molecule has 0 saturated heterocycles. The Bertz CT molecular complexity index is 1470. The monoisotopic (exact) mass is 1160 g/mol. The molecule has 6 heteroatoms. The molecular formula is C77H140O6. The first-order chi connectivity index (χ1) is 41.0. The van der Waals surface area contributed by atoms with Crippen LogP contribution in [-0.4, -0.2) is 37.2 Å². The number of ether oxygens (including phenoxy) is 3. The fourth-order valence-electron chi connectivity index (χ4n) is 10.9. The van der Waals surface area contributed by atoms with Gasteiger partial charge in [-0.2, -0.15) is 0 Å². The Labute approximate surface area is 517 Å². The maximum atomic E-state index is 13.0. The van der Waals surface area contributed by atoms with Gasteiger partial charge in [0.05, 0.1) is 0 Å². The third-order valence-corrected chi connectivity index (χ3v) is 16.5. The highest BCUT2D eigenvalue weighted by Gasteiger charge is 2.19. The van der Waals surface area contributed by atoms with Gasteiger partial charge in [0.15, 0.2) is 6.10 Å². The van der Waals surface area contributed by atoms with E-state index in [-0.39, 0.29) is 31.1 Å². The Morgan fingerprint density at radius 2 is 0.434 bits per heavy atom. The van der Waals surface area contributed by atoms with Gasteiger partial charge in [-0.1, -0.05) is 326 Å². The highest BCUT2D eigenvalue weighted by Crippen LogP contribution is 2.18. The predicted octanol–water partition coefficient (Wildman–Crippen LogP) is 25.5. The average Bonchev–Trinajstić information content (AvgIpc) is 3.49. The number of allylic oxidation sites excluding steroid dienone is 10. The Hall–Kier alpha value is -2.89. The molecule has 0 aromatic rings. The lowest BCUT2D eigenvalue weighted by Gasteiger charge is -2.18. The minimum Gasteiger partial charge on any atom is -0.462 e. The van der Waals surface area contributed by atoms with Crippen molar-refractivity contribution in [3.8, 4) is 0 Å². The summed E-state index contributed by atoms with van der Waals surface area (Å²) in [5.74, 6) is -0.860. The van der Waals surface area contributed by atoms with Gasteiger partial charge in [-0.15, -0.1) is 0 Å². The van der Waals surface area contributed by atoms with Gasteiger partial charge in [0.1, 0.15) is 13.2 Å². The molecule has 1 unspecified atom stereocenters. The average molecular weight is 1160 g/mol. The zero-order chi connectivity index (χ0) is 59.9. The number of hydrogen-bond acceptors (Lipinski definition) is 6. The zero-order valence-electron chi connectivity index (χ0n) is 55.7. The van der Waals surface area contributed by atoms with E-state index in [1.165, 1.54) is 276 Å². The molecule has 83 heavy (non-hydrogen) atoms. The maximum absolute atomic E-state index is 13.0. The molecule has 0 rings (SSSR count). The van der Waals surface area contributed by atoms with E-state index in [1.807, 2.05) is 0 Å². The van der Waals surface area contributed by atoms with Crippen LogP contribution in [0.2, 0.25) is 0 Å². The second kappa shape index (κ2) is 71.6. The highest BCUT2D eigenvalue weighted by molar-refractivity contribution is 5.71. The molecule has 6 nitrogen and oxygen atoms in total. The van der Waals surface area contributed by atoms with E-state index in [0.29, 0.717) is 19.3 Å². The topological polar surface area (TPSA) is 78.9 Å². The van der Waals surface area contributed by atoms with E-state index in [0.717, 1.165) is 77.0 Å². The number of esters is 3. The Balaban J connectivity index is 4.28. The fourth-order valence-corrected chi connectivity index (χ4v) is 10.9. The van der Waals surface area contributed by atoms with Crippen molar-refractivity contribution in [1.82, 2.24) is 0 Å². The number of rotatable bonds is 68. The van der Waals surface area contributed by atoms with Crippen molar-refractivity contribution in [3.63, 3.8) is 0 Å². The van der Waals surface area contributed by atoms with Crippen molar-refractivity contribution in [2.24, 2.45) is 0 Å². The van der Waals surface area contributed by atoms with Gasteiger partial charge >= 0.3 is 17.9 Å². The van der Waals surface area contributed by atoms with E-state index in [2.05, 4.69) is 81.5 Å². The lowest BCUT2D eigenvalue weighted by Crippen LogP contribution is -2.30. The normalized spacial score (nSPS) is 12.4. The summed E-state index contributed by atoms with van der Waals surface area (Å²) in [6.45, 7) is 6.67. The summed E-state index contributed by atoms with van der Waals surface area (Å²) in [5.41, 5.74) is 0. The molecule has 0 fully saturated rings. The molecule has 0 aliphatic rings. The number of hydrogen-bond donors (Lipinski definition) is 0. The summed E-state index contributed by atoms with van der Waals surface area (Å²) in [4.78, 5) is 38.5. The molecule has 0 aliphatic carbocycles. The Kier molecular flexibility index (Phi) is 69.1. The maximum Gasteiger partial charge on any atom is 0.306 e. The van der Waals surface area contributed by atoms with Gasteiger partial charge in [0.2, 0.25) is 0 Å². The summed E-state index contributed by atoms with van der Waals surface area (Å²) in [6.07, 6.45) is 92.5. The van der Waals surface area contributed by atoms with Crippen LogP contribution in [-0.2, 0) is 28.6 Å². The van der Waals surface area contributed by atoms with E-state index < -0.39 is 6.10 Å². The fraction of sp³-hybridized carbons (Fsp3) is 0.831. The van der Waals surface area contributed by atoms with E-state index in [4.69, 9.17) is 14.2 Å². The molecular weight excluding hydrogens is 1020 g/mol. The van der Waals surface area contributed by atoms with Crippen LogP contribution >= 0.6 is 0 Å². The summed E-state index contributed by atoms with van der Waals surface area (Å²) >= 11 is 0. The lowest BCUT2D eigenvalue weighted by molar-refractivity contribution is -0.167. The number of carbonyl (C=O) groups excluding carboxylic acids is 3. The van der Waals surface area contributed by atoms with Crippen molar-refractivity contribution < 1.29 is 28.6 Å². The van der Waals surface area contributed by atoms with Crippen LogP contribution in [0, 0.1) is 0 Å².